The normalized spacial score (nSPS) is 11.8. The standard InChI is InChI=1S/C18H24O7S/c1-6-12(18(20)23-4)9-14(19)13-10-15(24-7-2)17(25-8-3)16(11-13)26(5,21)22/h9-11H,6-8H2,1-5H3/b12-9+. The second kappa shape index (κ2) is 9.38. The van der Waals surface area contributed by atoms with Gasteiger partial charge in [0, 0.05) is 17.4 Å². The van der Waals surface area contributed by atoms with E-state index in [1.807, 2.05) is 0 Å². The molecule has 8 heteroatoms. The van der Waals surface area contributed by atoms with E-state index in [2.05, 4.69) is 4.74 Å². The average Bonchev–Trinajstić information content (AvgIpc) is 2.59. The van der Waals surface area contributed by atoms with Gasteiger partial charge in [0.25, 0.3) is 0 Å². The van der Waals surface area contributed by atoms with Gasteiger partial charge in [-0.25, -0.2) is 13.2 Å². The Hall–Kier alpha value is -2.35. The van der Waals surface area contributed by atoms with Gasteiger partial charge >= 0.3 is 5.97 Å². The van der Waals surface area contributed by atoms with E-state index in [1.54, 1.807) is 20.8 Å². The maximum absolute atomic E-state index is 12.6. The van der Waals surface area contributed by atoms with Crippen molar-refractivity contribution in [2.45, 2.75) is 32.1 Å². The van der Waals surface area contributed by atoms with Crippen LogP contribution in [-0.2, 0) is 19.4 Å². The monoisotopic (exact) mass is 384 g/mol. The van der Waals surface area contributed by atoms with Crippen LogP contribution in [-0.4, -0.2) is 46.7 Å². The van der Waals surface area contributed by atoms with Crippen molar-refractivity contribution < 1.29 is 32.2 Å². The first-order valence-electron chi connectivity index (χ1n) is 8.16. The minimum Gasteiger partial charge on any atom is -0.490 e. The second-order valence-electron chi connectivity index (χ2n) is 5.32. The molecule has 0 saturated carbocycles. The molecule has 144 valence electrons. The van der Waals surface area contributed by atoms with Crippen LogP contribution in [0.5, 0.6) is 11.5 Å². The summed E-state index contributed by atoms with van der Waals surface area (Å²) in [7, 11) is -2.45. The highest BCUT2D eigenvalue weighted by molar-refractivity contribution is 7.90. The van der Waals surface area contributed by atoms with E-state index in [1.165, 1.54) is 19.2 Å². The number of carbonyl (C=O) groups excluding carboxylic acids is 2. The van der Waals surface area contributed by atoms with Crippen LogP contribution < -0.4 is 9.47 Å². The van der Waals surface area contributed by atoms with Gasteiger partial charge in [-0.2, -0.15) is 0 Å². The van der Waals surface area contributed by atoms with E-state index in [-0.39, 0.29) is 40.7 Å². The number of ketones is 1. The molecule has 0 bridgehead atoms. The molecule has 26 heavy (non-hydrogen) atoms. The summed E-state index contributed by atoms with van der Waals surface area (Å²) in [5.74, 6) is -0.910. The zero-order valence-corrected chi connectivity index (χ0v) is 16.4. The van der Waals surface area contributed by atoms with Gasteiger partial charge in [0.2, 0.25) is 0 Å². The molecule has 1 aromatic carbocycles. The minimum atomic E-state index is -3.68. The van der Waals surface area contributed by atoms with E-state index in [0.717, 1.165) is 12.3 Å². The zero-order chi connectivity index (χ0) is 19.9. The summed E-state index contributed by atoms with van der Waals surface area (Å²) in [5, 5.41) is 0. The predicted molar refractivity (Wildman–Crippen MR) is 96.6 cm³/mol. The number of allylic oxidation sites excluding steroid dienone is 1. The Balaban J connectivity index is 3.58. The van der Waals surface area contributed by atoms with Crippen molar-refractivity contribution in [1.82, 2.24) is 0 Å². The molecule has 1 aromatic rings. The van der Waals surface area contributed by atoms with Crippen LogP contribution in [0.2, 0.25) is 0 Å². The van der Waals surface area contributed by atoms with Crippen molar-refractivity contribution in [2.24, 2.45) is 0 Å². The third-order valence-electron chi connectivity index (χ3n) is 3.43. The quantitative estimate of drug-likeness (QED) is 0.367. The molecule has 0 aliphatic heterocycles. The number of rotatable bonds is 9. The molecule has 0 aliphatic rings. The Labute approximate surface area is 153 Å². The number of esters is 1. The van der Waals surface area contributed by atoms with Crippen molar-refractivity contribution in [1.29, 1.82) is 0 Å². The molecule has 0 unspecified atom stereocenters. The Morgan fingerprint density at radius 2 is 1.69 bits per heavy atom. The third-order valence-corrected chi connectivity index (χ3v) is 4.53. The highest BCUT2D eigenvalue weighted by atomic mass is 32.2. The van der Waals surface area contributed by atoms with Crippen LogP contribution in [0.15, 0.2) is 28.7 Å². The molecule has 0 fully saturated rings. The topological polar surface area (TPSA) is 96.0 Å². The summed E-state index contributed by atoms with van der Waals surface area (Å²) in [6.07, 6.45) is 2.46. The lowest BCUT2D eigenvalue weighted by Gasteiger charge is -2.15. The van der Waals surface area contributed by atoms with Gasteiger partial charge in [0.1, 0.15) is 4.90 Å². The molecule has 0 N–H and O–H groups in total. The molecule has 0 aromatic heterocycles. The lowest BCUT2D eigenvalue weighted by molar-refractivity contribution is -0.136. The Kier molecular flexibility index (Phi) is 7.82. The lowest BCUT2D eigenvalue weighted by Crippen LogP contribution is -2.10. The fraction of sp³-hybridized carbons (Fsp3) is 0.444. The molecule has 0 radical (unpaired) electrons. The maximum Gasteiger partial charge on any atom is 0.333 e. The Morgan fingerprint density at radius 3 is 2.15 bits per heavy atom. The van der Waals surface area contributed by atoms with E-state index < -0.39 is 21.6 Å². The molecule has 0 heterocycles. The summed E-state index contributed by atoms with van der Waals surface area (Å²) in [4.78, 5) is 24.1. The average molecular weight is 384 g/mol. The first-order valence-corrected chi connectivity index (χ1v) is 10.1. The van der Waals surface area contributed by atoms with Crippen molar-refractivity contribution in [2.75, 3.05) is 26.6 Å². The van der Waals surface area contributed by atoms with Gasteiger partial charge in [-0.15, -0.1) is 0 Å². The van der Waals surface area contributed by atoms with E-state index in [0.29, 0.717) is 6.42 Å². The van der Waals surface area contributed by atoms with Gasteiger partial charge < -0.3 is 14.2 Å². The van der Waals surface area contributed by atoms with Gasteiger partial charge in [0.05, 0.1) is 20.3 Å². The Morgan fingerprint density at radius 1 is 1.08 bits per heavy atom. The number of benzene rings is 1. The van der Waals surface area contributed by atoms with Crippen LogP contribution in [0, 0.1) is 0 Å². The molecular formula is C18H24O7S. The van der Waals surface area contributed by atoms with Crippen molar-refractivity contribution in [3.05, 3.63) is 29.3 Å². The van der Waals surface area contributed by atoms with Crippen molar-refractivity contribution in [3.63, 3.8) is 0 Å². The third kappa shape index (κ3) is 5.32. The van der Waals surface area contributed by atoms with Crippen LogP contribution in [0.25, 0.3) is 0 Å². The Bertz CT molecular complexity index is 807. The number of hydrogen-bond donors (Lipinski definition) is 0. The molecule has 0 atom stereocenters. The van der Waals surface area contributed by atoms with Crippen LogP contribution in [0.4, 0.5) is 0 Å². The summed E-state index contributed by atoms with van der Waals surface area (Å²) < 4.78 is 39.8. The first kappa shape index (κ1) is 21.7. The summed E-state index contributed by atoms with van der Waals surface area (Å²) in [6, 6.07) is 2.64. The molecule has 0 spiro atoms. The number of ether oxygens (including phenoxy) is 3. The number of sulfone groups is 1. The van der Waals surface area contributed by atoms with Gasteiger partial charge in [-0.3, -0.25) is 4.79 Å². The van der Waals surface area contributed by atoms with E-state index in [9.17, 15) is 18.0 Å². The fourth-order valence-electron chi connectivity index (χ4n) is 2.22. The first-order chi connectivity index (χ1) is 12.2. The second-order valence-corrected chi connectivity index (χ2v) is 7.30. The molecule has 1 rings (SSSR count). The summed E-state index contributed by atoms with van der Waals surface area (Å²) >= 11 is 0. The van der Waals surface area contributed by atoms with Crippen LogP contribution in [0.3, 0.4) is 0 Å². The SMILES string of the molecule is CCOc1cc(C(=O)/C=C(\CC)C(=O)OC)cc(S(C)(=O)=O)c1OCC. The summed E-state index contributed by atoms with van der Waals surface area (Å²) in [6.45, 7) is 5.66. The highest BCUT2D eigenvalue weighted by Gasteiger charge is 2.23. The van der Waals surface area contributed by atoms with Crippen molar-refractivity contribution >= 4 is 21.6 Å². The van der Waals surface area contributed by atoms with Gasteiger partial charge in [-0.1, -0.05) is 6.92 Å². The number of methoxy groups -OCH3 is 1. The van der Waals surface area contributed by atoms with Crippen LogP contribution in [0.1, 0.15) is 37.6 Å². The fourth-order valence-corrected chi connectivity index (χ4v) is 3.06. The predicted octanol–water partition coefficient (Wildman–Crippen LogP) is 2.58. The molecule has 7 nitrogen and oxygen atoms in total. The molecular weight excluding hydrogens is 360 g/mol. The maximum atomic E-state index is 12.6. The largest absolute Gasteiger partial charge is 0.490 e. The van der Waals surface area contributed by atoms with Crippen LogP contribution >= 0.6 is 0 Å². The van der Waals surface area contributed by atoms with E-state index in [4.69, 9.17) is 9.47 Å². The number of hydrogen-bond acceptors (Lipinski definition) is 7. The van der Waals surface area contributed by atoms with Gasteiger partial charge in [-0.05, 0) is 38.5 Å². The van der Waals surface area contributed by atoms with E-state index >= 15 is 0 Å². The molecule has 0 saturated heterocycles. The molecule has 0 amide bonds. The highest BCUT2D eigenvalue weighted by Crippen LogP contribution is 2.36. The zero-order valence-electron chi connectivity index (χ0n) is 15.6. The van der Waals surface area contributed by atoms with Crippen molar-refractivity contribution in [3.8, 4) is 11.5 Å². The summed E-state index contributed by atoms with van der Waals surface area (Å²) in [5.41, 5.74) is 0.262. The minimum absolute atomic E-state index is 0.0704. The molecule has 0 aliphatic carbocycles. The van der Waals surface area contributed by atoms with Gasteiger partial charge in [0.15, 0.2) is 27.1 Å². The number of carbonyl (C=O) groups is 2. The smallest absolute Gasteiger partial charge is 0.333 e. The lowest BCUT2D eigenvalue weighted by atomic mass is 10.1.